The van der Waals surface area contributed by atoms with Gasteiger partial charge in [0, 0.05) is 28.3 Å². The van der Waals surface area contributed by atoms with Crippen molar-refractivity contribution in [3.05, 3.63) is 71.3 Å². The van der Waals surface area contributed by atoms with Crippen molar-refractivity contribution in [2.75, 3.05) is 32.6 Å². The summed E-state index contributed by atoms with van der Waals surface area (Å²) in [5, 5.41) is 30.7. The van der Waals surface area contributed by atoms with Gasteiger partial charge in [-0.15, -0.1) is 11.3 Å². The molecule has 0 fully saturated rings. The Kier molecular flexibility index (Phi) is 11.1. The zero-order valence-corrected chi connectivity index (χ0v) is 26.9. The highest BCUT2D eigenvalue weighted by Gasteiger charge is 2.43. The lowest BCUT2D eigenvalue weighted by molar-refractivity contribution is -0.138. The van der Waals surface area contributed by atoms with Gasteiger partial charge in [-0.2, -0.15) is 23.2 Å². The summed E-state index contributed by atoms with van der Waals surface area (Å²) in [6.45, 7) is -0.903. The molecule has 1 unspecified atom stereocenters. The van der Waals surface area contributed by atoms with Crippen molar-refractivity contribution in [3.8, 4) is 34.8 Å². The van der Waals surface area contributed by atoms with Gasteiger partial charge in [-0.25, -0.2) is 13.0 Å². The van der Waals surface area contributed by atoms with Gasteiger partial charge < -0.3 is 40.2 Å². The van der Waals surface area contributed by atoms with Crippen LogP contribution in [0.15, 0.2) is 58.8 Å². The van der Waals surface area contributed by atoms with Crippen molar-refractivity contribution in [1.82, 2.24) is 10.0 Å². The first-order valence-corrected chi connectivity index (χ1v) is 17.6. The number of nitrogens with zero attached hydrogens (tertiary/aromatic N) is 1. The SMILES string of the molecule is N#Cc1c(OCCNC(=O)c2ccc(O)c(O)c2)c(OCCN)cc2sc(S(=O)(=O)NCP(=O)(O)Oc3ccccc3)c(C(F)(F)F)c12. The van der Waals surface area contributed by atoms with Crippen LogP contribution in [0.1, 0.15) is 21.5 Å². The molecule has 1 heterocycles. The third-order valence-electron chi connectivity index (χ3n) is 6.20. The van der Waals surface area contributed by atoms with Crippen LogP contribution in [-0.4, -0.2) is 62.0 Å². The van der Waals surface area contributed by atoms with Gasteiger partial charge in [0.2, 0.25) is 0 Å². The van der Waals surface area contributed by atoms with E-state index in [1.54, 1.807) is 16.9 Å². The summed E-state index contributed by atoms with van der Waals surface area (Å²) >= 11 is 0.134. The molecule has 1 aromatic heterocycles. The van der Waals surface area contributed by atoms with Crippen LogP contribution in [0.3, 0.4) is 0 Å². The summed E-state index contributed by atoms with van der Waals surface area (Å²) in [6, 6.07) is 13.1. The monoisotopic (exact) mass is 730 g/mol. The summed E-state index contributed by atoms with van der Waals surface area (Å²) in [6.07, 6.45) is -6.63. The molecule has 0 saturated heterocycles. The number of fused-ring (bicyclic) bond motifs is 1. The lowest BCUT2D eigenvalue weighted by Gasteiger charge is -2.16. The number of sulfonamides is 1. The number of carbonyl (C=O) groups excluding carboxylic acids is 1. The number of ether oxygens (including phenoxy) is 2. The Balaban J connectivity index is 1.68. The number of nitrogens with one attached hydrogen (secondary N) is 2. The second kappa shape index (κ2) is 14.7. The third-order valence-corrected chi connectivity index (χ3v) is 10.5. The molecular weight excluding hydrogens is 704 g/mol. The van der Waals surface area contributed by atoms with Crippen molar-refractivity contribution in [2.24, 2.45) is 5.73 Å². The van der Waals surface area contributed by atoms with Crippen LogP contribution in [0.25, 0.3) is 10.1 Å². The number of hydrogen-bond donors (Lipinski definition) is 6. The Bertz CT molecular complexity index is 2020. The average molecular weight is 731 g/mol. The number of phenolic OH excluding ortho intramolecular Hbond substituents is 2. The van der Waals surface area contributed by atoms with Gasteiger partial charge >= 0.3 is 13.8 Å². The number of benzene rings is 3. The number of para-hydroxylation sites is 1. The van der Waals surface area contributed by atoms with Crippen LogP contribution in [0, 0.1) is 11.3 Å². The van der Waals surface area contributed by atoms with Crippen LogP contribution in [0.4, 0.5) is 13.2 Å². The first-order chi connectivity index (χ1) is 22.6. The number of aromatic hydroxyl groups is 2. The molecule has 20 heteroatoms. The van der Waals surface area contributed by atoms with Crippen LogP contribution in [0.2, 0.25) is 0 Å². The zero-order chi connectivity index (χ0) is 35.3. The normalized spacial score (nSPS) is 13.0. The molecule has 4 rings (SSSR count). The second-order valence-electron chi connectivity index (χ2n) is 9.62. The molecule has 0 spiro atoms. The van der Waals surface area contributed by atoms with E-state index in [0.29, 0.717) is 0 Å². The number of carbonyl (C=O) groups is 1. The predicted octanol–water partition coefficient (Wildman–Crippen LogP) is 3.85. The van der Waals surface area contributed by atoms with E-state index in [2.05, 4.69) is 5.32 Å². The van der Waals surface area contributed by atoms with Crippen molar-refractivity contribution in [2.45, 2.75) is 10.4 Å². The molecule has 3 aromatic carbocycles. The van der Waals surface area contributed by atoms with Crippen molar-refractivity contribution in [3.63, 3.8) is 0 Å². The Morgan fingerprint density at radius 2 is 1.77 bits per heavy atom. The van der Waals surface area contributed by atoms with E-state index in [0.717, 1.165) is 18.2 Å². The fourth-order valence-electron chi connectivity index (χ4n) is 4.17. The molecule has 0 aliphatic rings. The maximum absolute atomic E-state index is 14.6. The highest BCUT2D eigenvalue weighted by atomic mass is 32.2. The van der Waals surface area contributed by atoms with Crippen molar-refractivity contribution in [1.29, 1.82) is 5.26 Å². The molecular formula is C28H26F3N4O10PS2. The van der Waals surface area contributed by atoms with Crippen molar-refractivity contribution >= 4 is 44.9 Å². The fraction of sp³-hybridized carbons (Fsp3) is 0.214. The topological polar surface area (TPSA) is 231 Å². The Morgan fingerprint density at radius 1 is 1.06 bits per heavy atom. The molecule has 4 aromatic rings. The number of nitrogens with two attached hydrogens (primary N) is 1. The van der Waals surface area contributed by atoms with Gasteiger partial charge in [0.1, 0.15) is 41.1 Å². The Morgan fingerprint density at radius 3 is 2.40 bits per heavy atom. The number of phenols is 2. The number of halogens is 3. The van der Waals surface area contributed by atoms with Crippen LogP contribution < -0.4 is 29.8 Å². The largest absolute Gasteiger partial charge is 0.504 e. The van der Waals surface area contributed by atoms with Crippen molar-refractivity contribution < 1.29 is 60.1 Å². The molecule has 14 nitrogen and oxygen atoms in total. The maximum atomic E-state index is 14.6. The quantitative estimate of drug-likeness (QED) is 0.0618. The molecule has 256 valence electrons. The third kappa shape index (κ3) is 8.47. The standard InChI is InChI=1S/C28H26F3N4O10PS2/c29-28(30,31)24-23-18(14-33)25(44-11-9-34-26(38)16-6-7-19(36)20(37)12-16)21(43-10-8-32)13-22(23)47-27(24)48(41,42)35-15-46(39,40)45-17-4-2-1-3-5-17/h1-7,12-13,35-37H,8-11,15,32H2,(H,34,38)(H,39,40). The summed E-state index contributed by atoms with van der Waals surface area (Å²) in [5.74, 6) is -2.54. The molecule has 0 bridgehead atoms. The van der Waals surface area contributed by atoms with Crippen LogP contribution >= 0.6 is 18.9 Å². The molecule has 0 aliphatic carbocycles. The summed E-state index contributed by atoms with van der Waals surface area (Å²) in [4.78, 5) is 22.6. The summed E-state index contributed by atoms with van der Waals surface area (Å²) < 4.78 is 98.8. The van der Waals surface area contributed by atoms with E-state index in [1.807, 2.05) is 0 Å². The van der Waals surface area contributed by atoms with Gasteiger partial charge in [0.05, 0.1) is 12.1 Å². The smallest absolute Gasteiger partial charge is 0.419 e. The number of hydrogen-bond acceptors (Lipinski definition) is 12. The molecule has 0 saturated carbocycles. The van der Waals surface area contributed by atoms with Crippen LogP contribution in [-0.2, 0) is 20.8 Å². The van der Waals surface area contributed by atoms with E-state index >= 15 is 0 Å². The number of alkyl halides is 3. The molecule has 1 atom stereocenters. The van der Waals surface area contributed by atoms with E-state index in [4.69, 9.17) is 19.7 Å². The molecule has 0 aliphatic heterocycles. The number of nitriles is 1. The van der Waals surface area contributed by atoms with Crippen LogP contribution in [0.5, 0.6) is 28.7 Å². The van der Waals surface area contributed by atoms with Gasteiger partial charge in [0.15, 0.2) is 23.0 Å². The number of amides is 1. The van der Waals surface area contributed by atoms with E-state index in [1.165, 1.54) is 30.3 Å². The van der Waals surface area contributed by atoms with E-state index in [-0.39, 0.29) is 52.8 Å². The van der Waals surface area contributed by atoms with Gasteiger partial charge in [0.25, 0.3) is 15.9 Å². The van der Waals surface area contributed by atoms with Gasteiger partial charge in [-0.1, -0.05) is 18.2 Å². The predicted molar refractivity (Wildman–Crippen MR) is 166 cm³/mol. The molecule has 7 N–H and O–H groups in total. The molecule has 1 amide bonds. The molecule has 0 radical (unpaired) electrons. The number of rotatable bonds is 14. The highest BCUT2D eigenvalue weighted by Crippen LogP contribution is 2.50. The Hall–Kier alpha value is -4.57. The lowest BCUT2D eigenvalue weighted by atomic mass is 10.0. The lowest BCUT2D eigenvalue weighted by Crippen LogP contribution is -2.28. The first-order valence-electron chi connectivity index (χ1n) is 13.5. The average Bonchev–Trinajstić information content (AvgIpc) is 3.43. The van der Waals surface area contributed by atoms with E-state index < -0.39 is 80.6 Å². The molecule has 48 heavy (non-hydrogen) atoms. The minimum atomic E-state index is -5.35. The minimum Gasteiger partial charge on any atom is -0.504 e. The van der Waals surface area contributed by atoms with E-state index in [9.17, 15) is 51.3 Å². The fourth-order valence-corrected chi connectivity index (χ4v) is 8.51. The summed E-state index contributed by atoms with van der Waals surface area (Å²) in [7, 11) is -9.88. The maximum Gasteiger partial charge on any atom is 0.419 e. The number of thiophene rings is 1. The second-order valence-corrected chi connectivity index (χ2v) is 14.4. The Labute approximate surface area is 274 Å². The zero-order valence-electron chi connectivity index (χ0n) is 24.4. The minimum absolute atomic E-state index is 0.0315. The van der Waals surface area contributed by atoms with Gasteiger partial charge in [-0.3, -0.25) is 4.79 Å². The first kappa shape index (κ1) is 36.3. The highest BCUT2D eigenvalue weighted by molar-refractivity contribution is 7.92. The summed E-state index contributed by atoms with van der Waals surface area (Å²) in [5.41, 5.74) is 3.01. The van der Waals surface area contributed by atoms with Gasteiger partial charge in [-0.05, 0) is 30.3 Å².